The van der Waals surface area contributed by atoms with Gasteiger partial charge in [0.2, 0.25) is 5.82 Å². The van der Waals surface area contributed by atoms with Crippen LogP contribution in [0.3, 0.4) is 0 Å². The highest BCUT2D eigenvalue weighted by Gasteiger charge is 2.23. The van der Waals surface area contributed by atoms with E-state index in [9.17, 15) is 4.91 Å². The Bertz CT molecular complexity index is 600. The molecule has 3 rings (SSSR count). The molecule has 0 spiro atoms. The molecule has 100 valence electrons. The summed E-state index contributed by atoms with van der Waals surface area (Å²) in [6.45, 7) is -0.0219. The first-order chi connectivity index (χ1) is 9.33. The summed E-state index contributed by atoms with van der Waals surface area (Å²) in [6, 6.07) is 3.59. The van der Waals surface area contributed by atoms with E-state index in [2.05, 4.69) is 10.2 Å². The fourth-order valence-electron chi connectivity index (χ4n) is 2.93. The number of aromatic nitrogens is 2. The molecule has 1 saturated carbocycles. The van der Waals surface area contributed by atoms with Crippen molar-refractivity contribution in [2.24, 2.45) is 5.18 Å². The number of nitroso groups, excluding NO2 is 1. The highest BCUT2D eigenvalue weighted by Crippen LogP contribution is 2.37. The van der Waals surface area contributed by atoms with Crippen molar-refractivity contribution in [3.8, 4) is 0 Å². The van der Waals surface area contributed by atoms with Crippen LogP contribution in [-0.4, -0.2) is 14.5 Å². The lowest BCUT2D eigenvalue weighted by atomic mass is 9.87. The fraction of sp³-hybridized carbons (Fsp3) is 0.500. The number of rotatable bonds is 3. The van der Waals surface area contributed by atoms with E-state index in [1.54, 1.807) is 22.7 Å². The first-order valence-corrected chi connectivity index (χ1v) is 6.78. The van der Waals surface area contributed by atoms with E-state index < -0.39 is 0 Å². The van der Waals surface area contributed by atoms with Crippen molar-refractivity contribution in [3.05, 3.63) is 34.5 Å². The molecular formula is C14H17N3O2. The molecule has 2 aromatic rings. The van der Waals surface area contributed by atoms with Crippen LogP contribution in [0.2, 0.25) is 0 Å². The summed E-state index contributed by atoms with van der Waals surface area (Å²) >= 11 is 0. The van der Waals surface area contributed by atoms with E-state index in [1.807, 2.05) is 0 Å². The smallest absolute Gasteiger partial charge is 0.205 e. The van der Waals surface area contributed by atoms with Gasteiger partial charge in [-0.05, 0) is 35.7 Å². The Morgan fingerprint density at radius 1 is 1.37 bits per heavy atom. The van der Waals surface area contributed by atoms with Crippen LogP contribution in [0.1, 0.15) is 49.3 Å². The predicted molar refractivity (Wildman–Crippen MR) is 72.4 cm³/mol. The van der Waals surface area contributed by atoms with Gasteiger partial charge in [0.1, 0.15) is 5.65 Å². The topological polar surface area (TPSA) is 67.0 Å². The minimum Gasteiger partial charge on any atom is -0.392 e. The lowest BCUT2D eigenvalue weighted by Gasteiger charge is -2.19. The zero-order valence-corrected chi connectivity index (χ0v) is 10.7. The number of aliphatic hydroxyl groups is 1. The second kappa shape index (κ2) is 5.09. The van der Waals surface area contributed by atoms with E-state index in [-0.39, 0.29) is 6.61 Å². The molecule has 0 atom stereocenters. The summed E-state index contributed by atoms with van der Waals surface area (Å²) in [5.41, 5.74) is 2.32. The van der Waals surface area contributed by atoms with Crippen molar-refractivity contribution in [1.82, 2.24) is 9.38 Å². The zero-order chi connectivity index (χ0) is 13.2. The first kappa shape index (κ1) is 12.3. The van der Waals surface area contributed by atoms with Crippen LogP contribution >= 0.6 is 0 Å². The third kappa shape index (κ3) is 2.14. The van der Waals surface area contributed by atoms with Crippen LogP contribution in [0.5, 0.6) is 0 Å². The molecule has 0 saturated heterocycles. The number of nitrogens with zero attached hydrogens (tertiary/aromatic N) is 3. The molecule has 0 amide bonds. The SMILES string of the molecule is O=Nc1c(C2CCCCC2)nc2cc(CO)ccn12. The Hall–Kier alpha value is -1.75. The van der Waals surface area contributed by atoms with Crippen LogP contribution in [0, 0.1) is 4.91 Å². The van der Waals surface area contributed by atoms with E-state index in [0.29, 0.717) is 17.4 Å². The number of hydrogen-bond acceptors (Lipinski definition) is 4. The molecule has 0 aromatic carbocycles. The number of imidazole rings is 1. The van der Waals surface area contributed by atoms with E-state index in [1.165, 1.54) is 19.3 Å². The maximum atomic E-state index is 11.1. The zero-order valence-electron chi connectivity index (χ0n) is 10.7. The number of pyridine rings is 1. The Kier molecular flexibility index (Phi) is 3.29. The standard InChI is InChI=1S/C14H17N3O2/c18-9-10-6-7-17-12(8-10)15-13(14(17)16-19)11-4-2-1-3-5-11/h6-8,11,18H,1-5,9H2. The third-order valence-electron chi connectivity index (χ3n) is 3.95. The van der Waals surface area contributed by atoms with Crippen molar-refractivity contribution < 1.29 is 5.11 Å². The quantitative estimate of drug-likeness (QED) is 0.860. The molecule has 0 unspecified atom stereocenters. The molecule has 1 fully saturated rings. The molecule has 2 aromatic heterocycles. The molecule has 5 nitrogen and oxygen atoms in total. The number of fused-ring (bicyclic) bond motifs is 1. The van der Waals surface area contributed by atoms with Crippen molar-refractivity contribution >= 4 is 11.5 Å². The molecule has 1 N–H and O–H groups in total. The fourth-order valence-corrected chi connectivity index (χ4v) is 2.93. The summed E-state index contributed by atoms with van der Waals surface area (Å²) in [7, 11) is 0. The number of aliphatic hydroxyl groups excluding tert-OH is 1. The van der Waals surface area contributed by atoms with Gasteiger partial charge >= 0.3 is 0 Å². The van der Waals surface area contributed by atoms with Crippen molar-refractivity contribution in [2.75, 3.05) is 0 Å². The molecule has 19 heavy (non-hydrogen) atoms. The Balaban J connectivity index is 2.09. The average molecular weight is 259 g/mol. The Morgan fingerprint density at radius 3 is 2.84 bits per heavy atom. The summed E-state index contributed by atoms with van der Waals surface area (Å²) in [5.74, 6) is 0.769. The maximum Gasteiger partial charge on any atom is 0.205 e. The Morgan fingerprint density at radius 2 is 2.16 bits per heavy atom. The van der Waals surface area contributed by atoms with Crippen LogP contribution in [0.4, 0.5) is 5.82 Å². The molecular weight excluding hydrogens is 242 g/mol. The van der Waals surface area contributed by atoms with Crippen molar-refractivity contribution in [2.45, 2.75) is 44.6 Å². The van der Waals surface area contributed by atoms with Crippen molar-refractivity contribution in [3.63, 3.8) is 0 Å². The average Bonchev–Trinajstić information content (AvgIpc) is 2.85. The van der Waals surface area contributed by atoms with Crippen LogP contribution in [0.15, 0.2) is 23.5 Å². The minimum atomic E-state index is -0.0219. The first-order valence-electron chi connectivity index (χ1n) is 6.78. The highest BCUT2D eigenvalue weighted by atomic mass is 16.3. The second-order valence-electron chi connectivity index (χ2n) is 5.17. The molecule has 2 heterocycles. The van der Waals surface area contributed by atoms with Crippen molar-refractivity contribution in [1.29, 1.82) is 0 Å². The van der Waals surface area contributed by atoms with Crippen LogP contribution in [0.25, 0.3) is 5.65 Å². The molecule has 1 aliphatic rings. The maximum absolute atomic E-state index is 11.1. The van der Waals surface area contributed by atoms with Gasteiger partial charge < -0.3 is 5.11 Å². The molecule has 0 aliphatic heterocycles. The molecule has 5 heteroatoms. The van der Waals surface area contributed by atoms with Crippen LogP contribution < -0.4 is 0 Å². The van der Waals surface area contributed by atoms with Gasteiger partial charge in [0.25, 0.3) is 0 Å². The van der Waals surface area contributed by atoms with E-state index >= 15 is 0 Å². The third-order valence-corrected chi connectivity index (χ3v) is 3.95. The summed E-state index contributed by atoms with van der Waals surface area (Å²) in [5, 5.41) is 12.3. The van der Waals surface area contributed by atoms with Gasteiger partial charge in [-0.15, -0.1) is 4.91 Å². The van der Waals surface area contributed by atoms with Crippen LogP contribution in [-0.2, 0) is 6.61 Å². The normalized spacial score (nSPS) is 16.9. The van der Waals surface area contributed by atoms with Gasteiger partial charge in [-0.25, -0.2) is 4.98 Å². The van der Waals surface area contributed by atoms with Gasteiger partial charge in [-0.3, -0.25) is 4.40 Å². The predicted octanol–water partition coefficient (Wildman–Crippen LogP) is 3.27. The minimum absolute atomic E-state index is 0.0219. The second-order valence-corrected chi connectivity index (χ2v) is 5.17. The van der Waals surface area contributed by atoms with Gasteiger partial charge in [0.15, 0.2) is 0 Å². The summed E-state index contributed by atoms with van der Waals surface area (Å²) in [4.78, 5) is 15.7. The van der Waals surface area contributed by atoms with Gasteiger partial charge in [-0.1, -0.05) is 19.3 Å². The molecule has 0 radical (unpaired) electrons. The molecule has 1 aliphatic carbocycles. The van der Waals surface area contributed by atoms with E-state index in [4.69, 9.17) is 5.11 Å². The van der Waals surface area contributed by atoms with Gasteiger partial charge in [-0.2, -0.15) is 0 Å². The summed E-state index contributed by atoms with van der Waals surface area (Å²) in [6.07, 6.45) is 7.58. The highest BCUT2D eigenvalue weighted by molar-refractivity contribution is 5.54. The lowest BCUT2D eigenvalue weighted by molar-refractivity contribution is 0.282. The largest absolute Gasteiger partial charge is 0.392 e. The number of hydrogen-bond donors (Lipinski definition) is 1. The van der Waals surface area contributed by atoms with E-state index in [0.717, 1.165) is 24.1 Å². The summed E-state index contributed by atoms with van der Waals surface area (Å²) < 4.78 is 1.72. The van der Waals surface area contributed by atoms with Gasteiger partial charge in [0.05, 0.1) is 12.3 Å². The Labute approximate surface area is 111 Å². The van der Waals surface area contributed by atoms with Gasteiger partial charge in [0, 0.05) is 12.1 Å². The lowest BCUT2D eigenvalue weighted by Crippen LogP contribution is -2.05. The monoisotopic (exact) mass is 259 g/mol. The molecule has 0 bridgehead atoms.